The van der Waals surface area contributed by atoms with Crippen LogP contribution in [0.25, 0.3) is 0 Å². The molecule has 2 fully saturated rings. The summed E-state index contributed by atoms with van der Waals surface area (Å²) in [7, 11) is 0. The van der Waals surface area contributed by atoms with Crippen LogP contribution in [-0.2, 0) is 6.18 Å². The highest BCUT2D eigenvalue weighted by Crippen LogP contribution is 2.34. The van der Waals surface area contributed by atoms with Gasteiger partial charge in [0.2, 0.25) is 0 Å². The molecule has 1 saturated carbocycles. The summed E-state index contributed by atoms with van der Waals surface area (Å²) >= 11 is 0. The van der Waals surface area contributed by atoms with Gasteiger partial charge >= 0.3 is 18.2 Å². The van der Waals surface area contributed by atoms with E-state index in [-0.39, 0.29) is 38.5 Å². The van der Waals surface area contributed by atoms with Crippen LogP contribution in [0.15, 0.2) is 24.3 Å². The summed E-state index contributed by atoms with van der Waals surface area (Å²) < 4.78 is 39.4. The van der Waals surface area contributed by atoms with Crippen LogP contribution < -0.4 is 16.0 Å². The number of urea groups is 2. The molecular formula is C25H41F3N4O2. The van der Waals surface area contributed by atoms with E-state index >= 15 is 0 Å². The van der Waals surface area contributed by atoms with Gasteiger partial charge in [0.05, 0.1) is 11.3 Å². The fraction of sp³-hybridized carbons (Fsp3) is 0.680. The molecule has 6 nitrogen and oxygen atoms in total. The highest BCUT2D eigenvalue weighted by molar-refractivity contribution is 5.90. The molecule has 0 spiro atoms. The number of piperidine rings is 1. The molecule has 194 valence electrons. The van der Waals surface area contributed by atoms with Crippen molar-refractivity contribution in [3.8, 4) is 0 Å². The average molecular weight is 487 g/mol. The van der Waals surface area contributed by atoms with E-state index in [9.17, 15) is 22.8 Å². The quantitative estimate of drug-likeness (QED) is 0.447. The topological polar surface area (TPSA) is 73.5 Å². The normalized spacial score (nSPS) is 17.9. The van der Waals surface area contributed by atoms with Crippen molar-refractivity contribution in [2.75, 3.05) is 25.0 Å². The van der Waals surface area contributed by atoms with Crippen LogP contribution in [0.3, 0.4) is 0 Å². The molecule has 1 aliphatic carbocycles. The Balaban J connectivity index is 0.00000289. The maximum absolute atomic E-state index is 13.1. The van der Waals surface area contributed by atoms with E-state index in [0.29, 0.717) is 32.5 Å². The van der Waals surface area contributed by atoms with Gasteiger partial charge in [0.25, 0.3) is 0 Å². The molecule has 1 aromatic rings. The second-order valence-corrected chi connectivity index (χ2v) is 8.80. The Bertz CT molecular complexity index is 757. The molecule has 0 radical (unpaired) electrons. The predicted octanol–water partition coefficient (Wildman–Crippen LogP) is 6.63. The number of likely N-dealkylation sites (tertiary alicyclic amines) is 1. The van der Waals surface area contributed by atoms with Crippen molar-refractivity contribution in [1.29, 1.82) is 0 Å². The summed E-state index contributed by atoms with van der Waals surface area (Å²) in [6.07, 6.45) is 4.95. The van der Waals surface area contributed by atoms with Gasteiger partial charge in [-0.1, -0.05) is 59.1 Å². The van der Waals surface area contributed by atoms with Gasteiger partial charge in [-0.2, -0.15) is 13.2 Å². The fourth-order valence-electron chi connectivity index (χ4n) is 4.45. The highest BCUT2D eigenvalue weighted by atomic mass is 19.4. The summed E-state index contributed by atoms with van der Waals surface area (Å²) in [6, 6.07) is 4.53. The average Bonchev–Trinajstić information content (AvgIpc) is 2.74. The first-order valence-electron chi connectivity index (χ1n) is 11.6. The van der Waals surface area contributed by atoms with E-state index in [1.54, 1.807) is 0 Å². The van der Waals surface area contributed by atoms with Gasteiger partial charge < -0.3 is 20.9 Å². The molecule has 1 saturated heterocycles. The summed E-state index contributed by atoms with van der Waals surface area (Å²) in [5.41, 5.74) is -1.09. The first-order chi connectivity index (χ1) is 15.3. The SMILES string of the molecule is C.C.O=C(NCC1CCN(C(=O)Nc2ccccc2C(F)(F)F)CC1)NC1CCCCCCC1. The number of halogens is 3. The largest absolute Gasteiger partial charge is 0.418 e. The van der Waals surface area contributed by atoms with Crippen LogP contribution in [-0.4, -0.2) is 42.6 Å². The second-order valence-electron chi connectivity index (χ2n) is 8.80. The third-order valence-electron chi connectivity index (χ3n) is 6.37. The Morgan fingerprint density at radius 2 is 1.50 bits per heavy atom. The number of benzene rings is 1. The van der Waals surface area contributed by atoms with E-state index in [1.807, 2.05) is 0 Å². The van der Waals surface area contributed by atoms with Crippen LogP contribution in [0.2, 0.25) is 0 Å². The van der Waals surface area contributed by atoms with Crippen molar-refractivity contribution in [2.24, 2.45) is 5.92 Å². The van der Waals surface area contributed by atoms with Crippen molar-refractivity contribution in [2.45, 2.75) is 84.9 Å². The lowest BCUT2D eigenvalue weighted by molar-refractivity contribution is -0.136. The van der Waals surface area contributed by atoms with Crippen molar-refractivity contribution >= 4 is 17.7 Å². The van der Waals surface area contributed by atoms with Gasteiger partial charge in [0.1, 0.15) is 0 Å². The summed E-state index contributed by atoms with van der Waals surface area (Å²) in [4.78, 5) is 26.2. The van der Waals surface area contributed by atoms with Gasteiger partial charge in [-0.25, -0.2) is 9.59 Å². The molecular weight excluding hydrogens is 445 g/mol. The number of carbonyl (C=O) groups is 2. The zero-order chi connectivity index (χ0) is 23.0. The zero-order valence-corrected chi connectivity index (χ0v) is 18.3. The number of carbonyl (C=O) groups excluding carboxylic acids is 2. The van der Waals surface area contributed by atoms with Crippen molar-refractivity contribution in [3.63, 3.8) is 0 Å². The Morgan fingerprint density at radius 1 is 0.912 bits per heavy atom. The first kappa shape index (κ1) is 29.6. The van der Waals surface area contributed by atoms with E-state index in [4.69, 9.17) is 0 Å². The second kappa shape index (κ2) is 14.1. The van der Waals surface area contributed by atoms with Crippen molar-refractivity contribution in [1.82, 2.24) is 15.5 Å². The fourth-order valence-corrected chi connectivity index (χ4v) is 4.45. The van der Waals surface area contributed by atoms with Gasteiger partial charge in [0.15, 0.2) is 0 Å². The molecule has 9 heteroatoms. The van der Waals surface area contributed by atoms with Crippen LogP contribution in [0.5, 0.6) is 0 Å². The Kier molecular flexibility index (Phi) is 12.2. The maximum atomic E-state index is 13.1. The predicted molar refractivity (Wildman–Crippen MR) is 131 cm³/mol. The molecule has 0 aromatic heterocycles. The summed E-state index contributed by atoms with van der Waals surface area (Å²) in [5.74, 6) is 0.240. The molecule has 0 unspecified atom stereocenters. The molecule has 1 aromatic carbocycles. The van der Waals surface area contributed by atoms with Crippen LogP contribution in [0.4, 0.5) is 28.4 Å². The lowest BCUT2D eigenvalue weighted by Gasteiger charge is -2.32. The molecule has 0 bridgehead atoms. The summed E-state index contributed by atoms with van der Waals surface area (Å²) in [6.45, 7) is 1.41. The minimum atomic E-state index is -4.53. The smallest absolute Gasteiger partial charge is 0.338 e. The third-order valence-corrected chi connectivity index (χ3v) is 6.37. The van der Waals surface area contributed by atoms with Gasteiger partial charge in [-0.15, -0.1) is 0 Å². The number of amides is 4. The van der Waals surface area contributed by atoms with E-state index in [0.717, 1.165) is 31.7 Å². The molecule has 3 N–H and O–H groups in total. The van der Waals surface area contributed by atoms with Crippen LogP contribution >= 0.6 is 0 Å². The summed E-state index contributed by atoms with van der Waals surface area (Å²) in [5, 5.41) is 8.43. The van der Waals surface area contributed by atoms with E-state index in [1.165, 1.54) is 42.4 Å². The molecule has 3 rings (SSSR count). The van der Waals surface area contributed by atoms with Gasteiger partial charge in [-0.05, 0) is 43.7 Å². The monoisotopic (exact) mass is 486 g/mol. The van der Waals surface area contributed by atoms with Crippen LogP contribution in [0, 0.1) is 5.92 Å². The standard InChI is InChI=1S/C23H33F3N4O2.2CH4/c24-23(25,26)19-10-6-7-11-20(19)29-22(32)30-14-12-17(13-15-30)16-27-21(31)28-18-8-4-2-1-3-5-9-18;;/h6-7,10-11,17-18H,1-5,8-9,12-16H2,(H,29,32)(H2,27,28,31);2*1H4. The number of alkyl halides is 3. The molecule has 4 amide bonds. The Labute approximate surface area is 202 Å². The highest BCUT2D eigenvalue weighted by Gasteiger charge is 2.34. The molecule has 1 heterocycles. The number of nitrogens with one attached hydrogen (secondary N) is 3. The van der Waals surface area contributed by atoms with E-state index in [2.05, 4.69) is 16.0 Å². The lowest BCUT2D eigenvalue weighted by atomic mass is 9.96. The number of anilines is 1. The first-order valence-corrected chi connectivity index (χ1v) is 11.6. The maximum Gasteiger partial charge on any atom is 0.418 e. The molecule has 34 heavy (non-hydrogen) atoms. The van der Waals surface area contributed by atoms with Crippen molar-refractivity contribution < 1.29 is 22.8 Å². The van der Waals surface area contributed by atoms with Gasteiger partial charge in [-0.3, -0.25) is 0 Å². The molecule has 1 aliphatic heterocycles. The number of para-hydroxylation sites is 1. The van der Waals surface area contributed by atoms with Crippen molar-refractivity contribution in [3.05, 3.63) is 29.8 Å². The molecule has 0 atom stereocenters. The van der Waals surface area contributed by atoms with Crippen LogP contribution in [0.1, 0.15) is 78.2 Å². The Morgan fingerprint density at radius 3 is 2.12 bits per heavy atom. The lowest BCUT2D eigenvalue weighted by Crippen LogP contribution is -2.46. The van der Waals surface area contributed by atoms with Gasteiger partial charge in [0, 0.05) is 25.7 Å². The Hall–Kier alpha value is -2.45. The number of hydrogen-bond acceptors (Lipinski definition) is 2. The third kappa shape index (κ3) is 9.06. The zero-order valence-electron chi connectivity index (χ0n) is 18.3. The number of rotatable bonds is 4. The number of nitrogens with zero attached hydrogens (tertiary/aromatic N) is 1. The van der Waals surface area contributed by atoms with E-state index < -0.39 is 17.8 Å². The number of hydrogen-bond donors (Lipinski definition) is 3. The molecule has 2 aliphatic rings. The minimum Gasteiger partial charge on any atom is -0.338 e. The minimum absolute atomic E-state index is 0.